The van der Waals surface area contributed by atoms with Gasteiger partial charge in [0.05, 0.1) is 12.1 Å². The van der Waals surface area contributed by atoms with Crippen LogP contribution in [-0.2, 0) is 17.6 Å². The number of amides is 2. The molecule has 4 rings (SSSR count). The zero-order valence-corrected chi connectivity index (χ0v) is 13.1. The molecule has 2 aliphatic heterocycles. The van der Waals surface area contributed by atoms with Crippen LogP contribution in [0.3, 0.4) is 0 Å². The Balaban J connectivity index is 1.67. The SMILES string of the molecule is Cc1ccccc1C(=O)Nc1cc2c3c(c1)CC(=O)N3CCC2. The normalized spacial score (nSPS) is 15.5. The van der Waals surface area contributed by atoms with Crippen molar-refractivity contribution >= 4 is 23.2 Å². The van der Waals surface area contributed by atoms with Crippen molar-refractivity contribution in [3.8, 4) is 0 Å². The number of rotatable bonds is 2. The van der Waals surface area contributed by atoms with Gasteiger partial charge in [-0.25, -0.2) is 0 Å². The van der Waals surface area contributed by atoms with E-state index >= 15 is 0 Å². The molecule has 1 N–H and O–H groups in total. The van der Waals surface area contributed by atoms with Crippen LogP contribution < -0.4 is 10.2 Å². The van der Waals surface area contributed by atoms with E-state index in [1.165, 1.54) is 5.56 Å². The highest BCUT2D eigenvalue weighted by Crippen LogP contribution is 2.38. The van der Waals surface area contributed by atoms with Gasteiger partial charge in [0.15, 0.2) is 0 Å². The van der Waals surface area contributed by atoms with Crippen molar-refractivity contribution < 1.29 is 9.59 Å². The largest absolute Gasteiger partial charge is 0.322 e. The van der Waals surface area contributed by atoms with Crippen molar-refractivity contribution in [2.75, 3.05) is 16.8 Å². The molecule has 4 nitrogen and oxygen atoms in total. The van der Waals surface area contributed by atoms with Gasteiger partial charge in [0.2, 0.25) is 5.91 Å². The van der Waals surface area contributed by atoms with E-state index in [1.54, 1.807) is 0 Å². The van der Waals surface area contributed by atoms with Crippen LogP contribution in [0.4, 0.5) is 11.4 Å². The standard InChI is InChI=1S/C19H18N2O2/c1-12-5-2-3-7-16(12)19(23)20-15-9-13-6-4-8-21-17(22)11-14(10-15)18(13)21/h2-3,5,7,9-10H,4,6,8,11H2,1H3,(H,20,23). The molecule has 0 unspecified atom stereocenters. The second-order valence-corrected chi connectivity index (χ2v) is 6.24. The lowest BCUT2D eigenvalue weighted by molar-refractivity contribution is -0.117. The Labute approximate surface area is 135 Å². The molecule has 0 saturated carbocycles. The van der Waals surface area contributed by atoms with E-state index in [-0.39, 0.29) is 11.8 Å². The molecule has 0 saturated heterocycles. The molecule has 2 aromatic carbocycles. The average molecular weight is 306 g/mol. The Hall–Kier alpha value is -2.62. The van der Waals surface area contributed by atoms with E-state index in [0.717, 1.165) is 41.9 Å². The van der Waals surface area contributed by atoms with Gasteiger partial charge in [-0.2, -0.15) is 0 Å². The minimum atomic E-state index is -0.104. The molecule has 116 valence electrons. The maximum atomic E-state index is 12.5. The average Bonchev–Trinajstić information content (AvgIpc) is 2.85. The third kappa shape index (κ3) is 2.31. The lowest BCUT2D eigenvalue weighted by Gasteiger charge is -2.26. The number of carbonyl (C=O) groups is 2. The molecule has 2 amide bonds. The molecule has 0 radical (unpaired) electrons. The van der Waals surface area contributed by atoms with E-state index < -0.39 is 0 Å². The van der Waals surface area contributed by atoms with Gasteiger partial charge in [-0.3, -0.25) is 9.59 Å². The predicted octanol–water partition coefficient (Wildman–Crippen LogP) is 3.08. The molecule has 2 heterocycles. The van der Waals surface area contributed by atoms with Crippen molar-refractivity contribution in [1.29, 1.82) is 0 Å². The highest BCUT2D eigenvalue weighted by atomic mass is 16.2. The summed E-state index contributed by atoms with van der Waals surface area (Å²) in [7, 11) is 0. The van der Waals surface area contributed by atoms with E-state index in [9.17, 15) is 9.59 Å². The van der Waals surface area contributed by atoms with E-state index in [0.29, 0.717) is 12.0 Å². The molecule has 0 aromatic heterocycles. The minimum Gasteiger partial charge on any atom is -0.322 e. The summed E-state index contributed by atoms with van der Waals surface area (Å²) in [6.07, 6.45) is 2.38. The smallest absolute Gasteiger partial charge is 0.255 e. The van der Waals surface area contributed by atoms with E-state index in [4.69, 9.17) is 0 Å². The Morgan fingerprint density at radius 3 is 2.78 bits per heavy atom. The third-order valence-corrected chi connectivity index (χ3v) is 4.66. The van der Waals surface area contributed by atoms with Crippen LogP contribution in [0.2, 0.25) is 0 Å². The molecule has 0 aliphatic carbocycles. The number of nitrogens with zero attached hydrogens (tertiary/aromatic N) is 1. The number of carbonyl (C=O) groups excluding carboxylic acids is 2. The first-order chi connectivity index (χ1) is 11.1. The minimum absolute atomic E-state index is 0.104. The van der Waals surface area contributed by atoms with Crippen molar-refractivity contribution in [2.45, 2.75) is 26.2 Å². The van der Waals surface area contributed by atoms with Crippen LogP contribution in [0.1, 0.15) is 33.5 Å². The van der Waals surface area contributed by atoms with Crippen molar-refractivity contribution in [3.63, 3.8) is 0 Å². The lowest BCUT2D eigenvalue weighted by Crippen LogP contribution is -2.31. The Morgan fingerprint density at radius 1 is 1.17 bits per heavy atom. The first kappa shape index (κ1) is 14.0. The zero-order chi connectivity index (χ0) is 16.0. The first-order valence-corrected chi connectivity index (χ1v) is 7.96. The summed E-state index contributed by atoms with van der Waals surface area (Å²) in [6.45, 7) is 2.74. The quantitative estimate of drug-likeness (QED) is 0.927. The van der Waals surface area contributed by atoms with Gasteiger partial charge in [-0.15, -0.1) is 0 Å². The Morgan fingerprint density at radius 2 is 1.96 bits per heavy atom. The predicted molar refractivity (Wildman–Crippen MR) is 90.0 cm³/mol. The van der Waals surface area contributed by atoms with Gasteiger partial charge >= 0.3 is 0 Å². The van der Waals surface area contributed by atoms with Crippen molar-refractivity contribution in [3.05, 3.63) is 58.7 Å². The first-order valence-electron chi connectivity index (χ1n) is 7.96. The van der Waals surface area contributed by atoms with Crippen LogP contribution in [0, 0.1) is 6.92 Å². The van der Waals surface area contributed by atoms with Gasteiger partial charge < -0.3 is 10.2 Å². The summed E-state index contributed by atoms with van der Waals surface area (Å²) in [4.78, 5) is 26.5. The van der Waals surface area contributed by atoms with E-state index in [2.05, 4.69) is 5.32 Å². The van der Waals surface area contributed by atoms with Gasteiger partial charge in [-0.05, 0) is 54.7 Å². The fourth-order valence-corrected chi connectivity index (χ4v) is 3.58. The summed E-state index contributed by atoms with van der Waals surface area (Å²) in [6, 6.07) is 11.5. The Kier molecular flexibility index (Phi) is 3.18. The highest BCUT2D eigenvalue weighted by molar-refractivity contribution is 6.07. The third-order valence-electron chi connectivity index (χ3n) is 4.66. The van der Waals surface area contributed by atoms with Crippen LogP contribution in [0.15, 0.2) is 36.4 Å². The highest BCUT2D eigenvalue weighted by Gasteiger charge is 2.32. The molecule has 0 fully saturated rings. The second kappa shape index (κ2) is 5.23. The molecular weight excluding hydrogens is 288 g/mol. The topological polar surface area (TPSA) is 49.4 Å². The van der Waals surface area contributed by atoms with E-state index in [1.807, 2.05) is 48.2 Å². The molecule has 4 heteroatoms. The number of hydrogen-bond acceptors (Lipinski definition) is 2. The zero-order valence-electron chi connectivity index (χ0n) is 13.1. The van der Waals surface area contributed by atoms with Gasteiger partial charge in [0.1, 0.15) is 0 Å². The van der Waals surface area contributed by atoms with Crippen LogP contribution in [-0.4, -0.2) is 18.4 Å². The summed E-state index contributed by atoms with van der Waals surface area (Å²) in [5, 5.41) is 2.99. The molecule has 2 aromatic rings. The maximum absolute atomic E-state index is 12.5. The van der Waals surface area contributed by atoms with Crippen molar-refractivity contribution in [2.24, 2.45) is 0 Å². The maximum Gasteiger partial charge on any atom is 0.255 e. The number of nitrogens with one attached hydrogen (secondary N) is 1. The lowest BCUT2D eigenvalue weighted by atomic mass is 9.99. The van der Waals surface area contributed by atoms with Crippen LogP contribution in [0.25, 0.3) is 0 Å². The molecule has 2 aliphatic rings. The number of hydrogen-bond donors (Lipinski definition) is 1. The number of anilines is 2. The van der Waals surface area contributed by atoms with Gasteiger partial charge in [0, 0.05) is 17.8 Å². The van der Waals surface area contributed by atoms with Gasteiger partial charge in [0.25, 0.3) is 5.91 Å². The molecule has 0 bridgehead atoms. The molecular formula is C19H18N2O2. The number of aryl methyl sites for hydroxylation is 2. The van der Waals surface area contributed by atoms with Crippen LogP contribution >= 0.6 is 0 Å². The molecule has 0 atom stereocenters. The number of benzene rings is 2. The Bertz CT molecular complexity index is 826. The van der Waals surface area contributed by atoms with Crippen LogP contribution in [0.5, 0.6) is 0 Å². The summed E-state index contributed by atoms with van der Waals surface area (Å²) in [5.74, 6) is 0.0653. The summed E-state index contributed by atoms with van der Waals surface area (Å²) < 4.78 is 0. The monoisotopic (exact) mass is 306 g/mol. The fraction of sp³-hybridized carbons (Fsp3) is 0.263. The summed E-state index contributed by atoms with van der Waals surface area (Å²) >= 11 is 0. The fourth-order valence-electron chi connectivity index (χ4n) is 3.58. The summed E-state index contributed by atoms with van der Waals surface area (Å²) in [5.41, 5.74) is 5.69. The van der Waals surface area contributed by atoms with Gasteiger partial charge in [-0.1, -0.05) is 18.2 Å². The second-order valence-electron chi connectivity index (χ2n) is 6.24. The van der Waals surface area contributed by atoms with Crippen molar-refractivity contribution in [1.82, 2.24) is 0 Å². The molecule has 23 heavy (non-hydrogen) atoms. The molecule has 0 spiro atoms.